The number of ether oxygens (including phenoxy) is 2. The number of hydrogen-bond acceptors (Lipinski definition) is 5. The fourth-order valence-corrected chi connectivity index (χ4v) is 11.0. The monoisotopic (exact) mass is 675 g/mol. The van der Waals surface area contributed by atoms with E-state index in [2.05, 4.69) is 27.7 Å². The summed E-state index contributed by atoms with van der Waals surface area (Å²) in [6, 6.07) is 0. The molecule has 2 unspecified atom stereocenters. The molecule has 6 heteroatoms. The average Bonchev–Trinajstić information content (AvgIpc) is 2.99. The van der Waals surface area contributed by atoms with Gasteiger partial charge in [-0.15, -0.1) is 0 Å². The molecule has 6 nitrogen and oxygen atoms in total. The molecule has 4 bridgehead atoms. The summed E-state index contributed by atoms with van der Waals surface area (Å²) in [4.78, 5) is 39.0. The lowest BCUT2D eigenvalue weighted by atomic mass is 9.38. The standard InChI is InChI=1S/C42H74O6/c1-5-9-13-17-34(18-14-10-6-2)21-23-47-38(45)29-41-26-36-25-40(31-41,28-37(43)44)32-42(27-36,33-41)30-39(46)48-24-22-35(19-15-11-7-3)20-16-12-8-4/h34-36H,5-33H2,1-4H3,(H,43,44). The van der Waals surface area contributed by atoms with Crippen LogP contribution >= 0.6 is 0 Å². The van der Waals surface area contributed by atoms with Crippen molar-refractivity contribution in [2.24, 2.45) is 34.0 Å². The van der Waals surface area contributed by atoms with Gasteiger partial charge in [-0.25, -0.2) is 0 Å². The van der Waals surface area contributed by atoms with Crippen LogP contribution in [0, 0.1) is 34.0 Å². The minimum absolute atomic E-state index is 0.127. The molecular weight excluding hydrogens is 600 g/mol. The summed E-state index contributed by atoms with van der Waals surface area (Å²) in [5.41, 5.74) is -0.867. The molecule has 4 aliphatic carbocycles. The van der Waals surface area contributed by atoms with Crippen molar-refractivity contribution in [3.8, 4) is 0 Å². The maximum absolute atomic E-state index is 13.4. The van der Waals surface area contributed by atoms with E-state index in [1.807, 2.05) is 0 Å². The number of rotatable bonds is 28. The van der Waals surface area contributed by atoms with Gasteiger partial charge in [0.25, 0.3) is 0 Å². The zero-order chi connectivity index (χ0) is 34.9. The lowest BCUT2D eigenvalue weighted by molar-refractivity contribution is -0.188. The minimum atomic E-state index is -0.762. The Morgan fingerprint density at radius 1 is 0.542 bits per heavy atom. The van der Waals surface area contributed by atoms with Crippen molar-refractivity contribution >= 4 is 17.9 Å². The number of aliphatic carboxylic acids is 1. The number of carboxylic acids is 1. The Bertz CT molecular complexity index is 880. The van der Waals surface area contributed by atoms with E-state index in [0.29, 0.717) is 43.8 Å². The molecular formula is C42H74O6. The maximum atomic E-state index is 13.4. The molecule has 4 rings (SSSR count). The molecule has 48 heavy (non-hydrogen) atoms. The molecule has 2 atom stereocenters. The third kappa shape index (κ3) is 13.6. The van der Waals surface area contributed by atoms with E-state index in [-0.39, 0.29) is 34.6 Å². The van der Waals surface area contributed by atoms with Gasteiger partial charge in [-0.1, -0.05) is 130 Å². The predicted octanol–water partition coefficient (Wildman–Crippen LogP) is 11.6. The van der Waals surface area contributed by atoms with Gasteiger partial charge in [0.15, 0.2) is 0 Å². The zero-order valence-electron chi connectivity index (χ0n) is 31.7. The van der Waals surface area contributed by atoms with Crippen LogP contribution in [0.2, 0.25) is 0 Å². The van der Waals surface area contributed by atoms with E-state index in [1.54, 1.807) is 0 Å². The van der Waals surface area contributed by atoms with Gasteiger partial charge in [-0.3, -0.25) is 14.4 Å². The molecule has 0 aliphatic heterocycles. The number of carboxylic acid groups (broad SMARTS) is 1. The molecule has 4 fully saturated rings. The van der Waals surface area contributed by atoms with Crippen LogP contribution < -0.4 is 0 Å². The van der Waals surface area contributed by atoms with E-state index in [1.165, 1.54) is 103 Å². The Hall–Kier alpha value is -1.59. The van der Waals surface area contributed by atoms with Crippen molar-refractivity contribution in [3.63, 3.8) is 0 Å². The SMILES string of the molecule is CCCCCC(CCCCC)CCOC(=O)CC12CC3CC(CC(=O)O)(C1)CC(CC(=O)OCCC(CCCCC)CCCCC)(C3)C2. The Balaban J connectivity index is 1.59. The van der Waals surface area contributed by atoms with E-state index < -0.39 is 5.97 Å². The Labute approximate surface area is 294 Å². The van der Waals surface area contributed by atoms with Crippen molar-refractivity contribution in [1.29, 1.82) is 0 Å². The van der Waals surface area contributed by atoms with Crippen LogP contribution in [0.1, 0.15) is 201 Å². The molecule has 0 saturated heterocycles. The molecule has 278 valence electrons. The van der Waals surface area contributed by atoms with Crippen LogP contribution in [-0.2, 0) is 23.9 Å². The third-order valence-corrected chi connectivity index (χ3v) is 12.4. The van der Waals surface area contributed by atoms with Gasteiger partial charge in [0, 0.05) is 0 Å². The van der Waals surface area contributed by atoms with Crippen LogP contribution in [-0.4, -0.2) is 36.2 Å². The first kappa shape index (κ1) is 40.8. The first-order valence-electron chi connectivity index (χ1n) is 20.6. The molecule has 4 aliphatic rings. The number of esters is 2. The highest BCUT2D eigenvalue weighted by Gasteiger charge is 2.64. The molecule has 0 heterocycles. The summed E-state index contributed by atoms with van der Waals surface area (Å²) >= 11 is 0. The van der Waals surface area contributed by atoms with Crippen molar-refractivity contribution in [2.45, 2.75) is 201 Å². The van der Waals surface area contributed by atoms with Crippen LogP contribution in [0.4, 0.5) is 0 Å². The number of carbonyl (C=O) groups is 3. The van der Waals surface area contributed by atoms with Gasteiger partial charge in [0.2, 0.25) is 0 Å². The number of hydrogen-bond donors (Lipinski definition) is 1. The first-order valence-corrected chi connectivity index (χ1v) is 20.6. The third-order valence-electron chi connectivity index (χ3n) is 12.4. The molecule has 0 aromatic rings. The Kier molecular flexibility index (Phi) is 17.8. The summed E-state index contributed by atoms with van der Waals surface area (Å²) in [7, 11) is 0. The maximum Gasteiger partial charge on any atom is 0.306 e. The van der Waals surface area contributed by atoms with Gasteiger partial charge >= 0.3 is 17.9 Å². The van der Waals surface area contributed by atoms with E-state index in [9.17, 15) is 19.5 Å². The second-order valence-electron chi connectivity index (χ2n) is 17.2. The molecule has 0 aromatic carbocycles. The topological polar surface area (TPSA) is 89.9 Å². The fraction of sp³-hybridized carbons (Fsp3) is 0.929. The minimum Gasteiger partial charge on any atom is -0.481 e. The Morgan fingerprint density at radius 2 is 0.875 bits per heavy atom. The van der Waals surface area contributed by atoms with Crippen molar-refractivity contribution in [2.75, 3.05) is 13.2 Å². The fourth-order valence-electron chi connectivity index (χ4n) is 11.0. The highest BCUT2D eigenvalue weighted by molar-refractivity contribution is 5.72. The number of unbranched alkanes of at least 4 members (excludes halogenated alkanes) is 8. The summed E-state index contributed by atoms with van der Waals surface area (Å²) in [6.45, 7) is 9.94. The largest absolute Gasteiger partial charge is 0.481 e. The second-order valence-corrected chi connectivity index (χ2v) is 17.2. The predicted molar refractivity (Wildman–Crippen MR) is 195 cm³/mol. The lowest BCUT2D eigenvalue weighted by Gasteiger charge is -2.66. The van der Waals surface area contributed by atoms with E-state index in [0.717, 1.165) is 51.4 Å². The van der Waals surface area contributed by atoms with Crippen LogP contribution in [0.3, 0.4) is 0 Å². The molecule has 0 aromatic heterocycles. The zero-order valence-corrected chi connectivity index (χ0v) is 31.7. The summed E-state index contributed by atoms with van der Waals surface area (Å²) < 4.78 is 11.9. The van der Waals surface area contributed by atoms with Crippen LogP contribution in [0.25, 0.3) is 0 Å². The van der Waals surface area contributed by atoms with Crippen molar-refractivity contribution in [1.82, 2.24) is 0 Å². The highest BCUT2D eigenvalue weighted by Crippen LogP contribution is 2.72. The smallest absolute Gasteiger partial charge is 0.306 e. The van der Waals surface area contributed by atoms with E-state index >= 15 is 0 Å². The molecule has 0 spiro atoms. The lowest BCUT2D eigenvalue weighted by Crippen LogP contribution is -2.58. The Morgan fingerprint density at radius 3 is 1.19 bits per heavy atom. The van der Waals surface area contributed by atoms with Gasteiger partial charge < -0.3 is 14.6 Å². The normalized spacial score (nSPS) is 26.0. The van der Waals surface area contributed by atoms with Crippen molar-refractivity contribution in [3.05, 3.63) is 0 Å². The second kappa shape index (κ2) is 20.9. The summed E-state index contributed by atoms with van der Waals surface area (Å²) in [5.74, 6) is 0.584. The molecule has 0 radical (unpaired) electrons. The molecule has 1 N–H and O–H groups in total. The molecule has 0 amide bonds. The quantitative estimate of drug-likeness (QED) is 0.0656. The van der Waals surface area contributed by atoms with Crippen LogP contribution in [0.5, 0.6) is 0 Å². The number of carbonyl (C=O) groups excluding carboxylic acids is 2. The van der Waals surface area contributed by atoms with Gasteiger partial charge in [-0.05, 0) is 85.4 Å². The highest BCUT2D eigenvalue weighted by atomic mass is 16.5. The van der Waals surface area contributed by atoms with Crippen molar-refractivity contribution < 1.29 is 29.0 Å². The van der Waals surface area contributed by atoms with E-state index in [4.69, 9.17) is 9.47 Å². The average molecular weight is 675 g/mol. The summed E-state index contributed by atoms with van der Waals surface area (Å²) in [6.07, 6.45) is 27.7. The first-order chi connectivity index (χ1) is 23.1. The molecule has 4 saturated carbocycles. The van der Waals surface area contributed by atoms with Gasteiger partial charge in [0.05, 0.1) is 32.5 Å². The van der Waals surface area contributed by atoms with Gasteiger partial charge in [-0.2, -0.15) is 0 Å². The van der Waals surface area contributed by atoms with Gasteiger partial charge in [0.1, 0.15) is 0 Å². The van der Waals surface area contributed by atoms with Crippen LogP contribution in [0.15, 0.2) is 0 Å². The summed E-state index contributed by atoms with van der Waals surface area (Å²) in [5, 5.41) is 9.97.